The van der Waals surface area contributed by atoms with Crippen LogP contribution in [0.25, 0.3) is 38.0 Å². The number of hydrogen-bond acceptors (Lipinski definition) is 5. The third-order valence-corrected chi connectivity index (χ3v) is 9.24. The first-order valence-corrected chi connectivity index (χ1v) is 14.0. The fraction of sp³-hybridized carbons (Fsp3) is 0.179. The summed E-state index contributed by atoms with van der Waals surface area (Å²) in [4.78, 5) is 7.66. The van der Waals surface area contributed by atoms with E-state index >= 15 is 0 Å². The van der Waals surface area contributed by atoms with E-state index in [1.807, 2.05) is 35.6 Å². The molecule has 3 heterocycles. The molecule has 0 unspecified atom stereocenters. The van der Waals surface area contributed by atoms with Gasteiger partial charge >= 0.3 is 0 Å². The van der Waals surface area contributed by atoms with E-state index < -0.39 is 0 Å². The number of thiophene rings is 1. The summed E-state index contributed by atoms with van der Waals surface area (Å²) in [5.41, 5.74) is 4.47. The van der Waals surface area contributed by atoms with E-state index in [1.54, 1.807) is 11.8 Å². The Bertz CT molecular complexity index is 1740. The molecule has 7 rings (SSSR count). The number of nitrogens with zero attached hydrogens (tertiary/aromatic N) is 4. The Labute approximate surface area is 216 Å². The maximum absolute atomic E-state index is 6.66. The van der Waals surface area contributed by atoms with Crippen molar-refractivity contribution in [2.75, 3.05) is 0 Å². The fourth-order valence-electron chi connectivity index (χ4n) is 5.02. The zero-order chi connectivity index (χ0) is 23.4. The maximum atomic E-state index is 6.66. The first-order valence-electron chi connectivity index (χ1n) is 11.8. The monoisotopic (exact) mass is 512 g/mol. The minimum absolute atomic E-state index is 0.682. The normalized spacial score (nSPS) is 13.6. The largest absolute Gasteiger partial charge is 0.253 e. The Morgan fingerprint density at radius 1 is 0.914 bits per heavy atom. The van der Waals surface area contributed by atoms with E-state index in [0.29, 0.717) is 5.02 Å². The standard InChI is InChI=1S/C28H21ClN4S2/c29-22-11-5-3-9-20(22)25-30-27-24(21-10-4-6-12-23(21)35-27)26-31-32-28(33(25)26)34-16-17-13-14-18-7-1-2-8-19(18)15-17/h1-3,5,7-9,11,13-15H,4,6,10,12,16H2. The van der Waals surface area contributed by atoms with Crippen LogP contribution < -0.4 is 0 Å². The Hall–Kier alpha value is -2.93. The van der Waals surface area contributed by atoms with Gasteiger partial charge in [0.05, 0.1) is 10.4 Å². The van der Waals surface area contributed by atoms with Crippen LogP contribution in [-0.4, -0.2) is 19.6 Å². The first kappa shape index (κ1) is 21.4. The lowest BCUT2D eigenvalue weighted by molar-refractivity contribution is 0.700. The molecule has 6 aromatic rings. The lowest BCUT2D eigenvalue weighted by Gasteiger charge is -2.12. The molecule has 3 aromatic carbocycles. The molecule has 0 atom stereocenters. The van der Waals surface area contributed by atoms with Gasteiger partial charge in [0.2, 0.25) is 0 Å². The molecule has 3 aromatic heterocycles. The predicted octanol–water partition coefficient (Wildman–Crippen LogP) is 7.98. The minimum Gasteiger partial charge on any atom is -0.253 e. The molecule has 4 nitrogen and oxygen atoms in total. The summed E-state index contributed by atoms with van der Waals surface area (Å²) in [6.45, 7) is 0. The van der Waals surface area contributed by atoms with Crippen LogP contribution in [0.15, 0.2) is 71.9 Å². The van der Waals surface area contributed by atoms with Crippen molar-refractivity contribution >= 4 is 61.3 Å². The summed E-state index contributed by atoms with van der Waals surface area (Å²) in [5.74, 6) is 1.61. The van der Waals surface area contributed by atoms with Crippen molar-refractivity contribution in [2.24, 2.45) is 0 Å². The second-order valence-corrected chi connectivity index (χ2v) is 11.4. The van der Waals surface area contributed by atoms with Crippen molar-refractivity contribution in [3.63, 3.8) is 0 Å². The van der Waals surface area contributed by atoms with Crippen molar-refractivity contribution in [3.05, 3.63) is 87.8 Å². The zero-order valence-corrected chi connectivity index (χ0v) is 21.3. The number of aryl methyl sites for hydroxylation is 2. The average Bonchev–Trinajstić information content (AvgIpc) is 3.48. The number of benzene rings is 3. The van der Waals surface area contributed by atoms with Gasteiger partial charge in [0.15, 0.2) is 16.6 Å². The fourth-order valence-corrected chi connectivity index (χ4v) is 7.37. The van der Waals surface area contributed by atoms with Crippen molar-refractivity contribution in [1.82, 2.24) is 19.6 Å². The molecule has 35 heavy (non-hydrogen) atoms. The molecule has 172 valence electrons. The van der Waals surface area contributed by atoms with Crippen LogP contribution in [0.1, 0.15) is 28.8 Å². The molecule has 0 saturated heterocycles. The molecular weight excluding hydrogens is 492 g/mol. The van der Waals surface area contributed by atoms with Crippen LogP contribution in [-0.2, 0) is 18.6 Å². The van der Waals surface area contributed by atoms with Crippen molar-refractivity contribution in [2.45, 2.75) is 36.6 Å². The molecule has 1 aliphatic carbocycles. The van der Waals surface area contributed by atoms with Gasteiger partial charge in [0, 0.05) is 16.2 Å². The summed E-state index contributed by atoms with van der Waals surface area (Å²) >= 11 is 10.2. The Kier molecular flexibility index (Phi) is 5.26. The number of rotatable bonds is 4. The van der Waals surface area contributed by atoms with Crippen molar-refractivity contribution in [3.8, 4) is 11.4 Å². The van der Waals surface area contributed by atoms with Crippen LogP contribution in [0, 0.1) is 0 Å². The topological polar surface area (TPSA) is 43.1 Å². The second kappa shape index (κ2) is 8.63. The van der Waals surface area contributed by atoms with Gasteiger partial charge in [-0.1, -0.05) is 78.0 Å². The summed E-state index contributed by atoms with van der Waals surface area (Å²) in [7, 11) is 0. The number of fused-ring (bicyclic) bond motifs is 6. The highest BCUT2D eigenvalue weighted by Crippen LogP contribution is 2.41. The van der Waals surface area contributed by atoms with Gasteiger partial charge in [-0.15, -0.1) is 21.5 Å². The minimum atomic E-state index is 0.682. The Balaban J connectivity index is 1.39. The van der Waals surface area contributed by atoms with E-state index in [0.717, 1.165) is 45.6 Å². The zero-order valence-electron chi connectivity index (χ0n) is 18.9. The number of hydrogen-bond donors (Lipinski definition) is 0. The van der Waals surface area contributed by atoms with Gasteiger partial charge in [0.25, 0.3) is 0 Å². The van der Waals surface area contributed by atoms with E-state index in [2.05, 4.69) is 52.0 Å². The van der Waals surface area contributed by atoms with Crippen LogP contribution in [0.2, 0.25) is 5.02 Å². The number of aromatic nitrogens is 4. The van der Waals surface area contributed by atoms with Gasteiger partial charge in [-0.05, 0) is 59.7 Å². The molecule has 0 amide bonds. The van der Waals surface area contributed by atoms with Gasteiger partial charge in [-0.25, -0.2) is 4.98 Å². The molecule has 7 heteroatoms. The number of thioether (sulfide) groups is 1. The van der Waals surface area contributed by atoms with E-state index in [-0.39, 0.29) is 0 Å². The second-order valence-electron chi connectivity index (χ2n) is 8.92. The van der Waals surface area contributed by atoms with Gasteiger partial charge < -0.3 is 0 Å². The quantitative estimate of drug-likeness (QED) is 0.224. The van der Waals surface area contributed by atoms with Crippen LogP contribution >= 0.6 is 34.7 Å². The smallest absolute Gasteiger partial charge is 0.197 e. The SMILES string of the molecule is Clc1ccccc1-c1nc2sc3c(c2c2nnc(SCc4ccc5ccccc5c4)n12)CCCC3. The van der Waals surface area contributed by atoms with Crippen LogP contribution in [0.4, 0.5) is 0 Å². The third kappa shape index (κ3) is 3.63. The van der Waals surface area contributed by atoms with Crippen LogP contribution in [0.5, 0.6) is 0 Å². The average molecular weight is 513 g/mol. The third-order valence-electron chi connectivity index (χ3n) is 6.73. The molecular formula is C28H21ClN4S2. The molecule has 0 fully saturated rings. The summed E-state index contributed by atoms with van der Waals surface area (Å²) in [5, 5.41) is 14.6. The lowest BCUT2D eigenvalue weighted by Crippen LogP contribution is -2.01. The maximum Gasteiger partial charge on any atom is 0.197 e. The molecule has 0 bridgehead atoms. The van der Waals surface area contributed by atoms with Crippen molar-refractivity contribution in [1.29, 1.82) is 0 Å². The summed E-state index contributed by atoms with van der Waals surface area (Å²) in [6, 6.07) is 23.0. The predicted molar refractivity (Wildman–Crippen MR) is 147 cm³/mol. The van der Waals surface area contributed by atoms with Crippen molar-refractivity contribution < 1.29 is 0 Å². The lowest BCUT2D eigenvalue weighted by atomic mass is 9.97. The molecule has 0 saturated carbocycles. The highest BCUT2D eigenvalue weighted by molar-refractivity contribution is 7.98. The Morgan fingerprint density at radius 3 is 2.66 bits per heavy atom. The molecule has 1 aliphatic rings. The highest BCUT2D eigenvalue weighted by atomic mass is 35.5. The molecule has 0 spiro atoms. The first-order chi connectivity index (χ1) is 17.3. The molecule has 0 N–H and O–H groups in total. The van der Waals surface area contributed by atoms with Gasteiger partial charge in [0.1, 0.15) is 4.83 Å². The highest BCUT2D eigenvalue weighted by Gasteiger charge is 2.24. The van der Waals surface area contributed by atoms with Gasteiger partial charge in [-0.2, -0.15) is 0 Å². The summed E-state index contributed by atoms with van der Waals surface area (Å²) < 4.78 is 2.12. The van der Waals surface area contributed by atoms with E-state index in [9.17, 15) is 0 Å². The Morgan fingerprint density at radius 2 is 1.74 bits per heavy atom. The summed E-state index contributed by atoms with van der Waals surface area (Å²) in [6.07, 6.45) is 4.67. The van der Waals surface area contributed by atoms with Gasteiger partial charge in [-0.3, -0.25) is 4.40 Å². The molecule has 0 radical (unpaired) electrons. The number of halogens is 1. The van der Waals surface area contributed by atoms with E-state index in [4.69, 9.17) is 21.7 Å². The van der Waals surface area contributed by atoms with E-state index in [1.165, 1.54) is 45.0 Å². The van der Waals surface area contributed by atoms with Crippen LogP contribution in [0.3, 0.4) is 0 Å². The molecule has 0 aliphatic heterocycles.